The van der Waals surface area contributed by atoms with Crippen molar-refractivity contribution in [3.8, 4) is 0 Å². The Hall–Kier alpha value is -1.83. The molecule has 0 aromatic carbocycles. The smallest absolute Gasteiger partial charge is 0.134 e. The third kappa shape index (κ3) is 1.67. The largest absolute Gasteiger partial charge is 0.506 e. The zero-order valence-electron chi connectivity index (χ0n) is 7.33. The molecule has 1 N–H and O–H groups in total. The lowest BCUT2D eigenvalue weighted by atomic mass is 10.1. The normalized spacial score (nSPS) is 9.23. The summed E-state index contributed by atoms with van der Waals surface area (Å²) >= 11 is 0. The van der Waals surface area contributed by atoms with Gasteiger partial charge in [-0.3, -0.25) is 4.98 Å². The van der Waals surface area contributed by atoms with Crippen LogP contribution >= 0.6 is 0 Å². The molecule has 0 amide bonds. The molecule has 0 aliphatic carbocycles. The van der Waals surface area contributed by atoms with E-state index < -0.39 is 0 Å². The maximum atomic E-state index is 9.22. The summed E-state index contributed by atoms with van der Waals surface area (Å²) in [5.74, 6) is -0.0569. The van der Waals surface area contributed by atoms with Crippen LogP contribution in [0.25, 0.3) is 17.9 Å². The van der Waals surface area contributed by atoms with Gasteiger partial charge in [0.2, 0.25) is 0 Å². The van der Waals surface area contributed by atoms with Crippen molar-refractivity contribution in [3.05, 3.63) is 48.8 Å². The van der Waals surface area contributed by atoms with E-state index in [1.807, 2.05) is 0 Å². The number of aliphatic hydroxyl groups is 1. The molecule has 0 saturated heterocycles. The molecule has 0 fully saturated rings. The third-order valence-corrected chi connectivity index (χ3v) is 1.72. The second-order valence-electron chi connectivity index (χ2n) is 2.52. The Balaban J connectivity index is 3.43. The van der Waals surface area contributed by atoms with Gasteiger partial charge < -0.3 is 5.11 Å². The predicted molar refractivity (Wildman–Crippen MR) is 56.1 cm³/mol. The average molecular weight is 173 g/mol. The van der Waals surface area contributed by atoms with Gasteiger partial charge in [-0.15, -0.1) is 0 Å². The van der Waals surface area contributed by atoms with Crippen LogP contribution < -0.4 is 0 Å². The highest BCUT2D eigenvalue weighted by Gasteiger charge is 2.06. The SMILES string of the molecule is C=Cc1ccnc(C(=C)O)c1C=C. The van der Waals surface area contributed by atoms with Gasteiger partial charge in [-0.2, -0.15) is 0 Å². The zero-order valence-corrected chi connectivity index (χ0v) is 7.33. The molecule has 1 aromatic heterocycles. The van der Waals surface area contributed by atoms with Crippen LogP contribution in [0.15, 0.2) is 32.0 Å². The Labute approximate surface area is 77.6 Å². The molecule has 2 heteroatoms. The van der Waals surface area contributed by atoms with E-state index in [0.29, 0.717) is 5.69 Å². The molecule has 0 spiro atoms. The van der Waals surface area contributed by atoms with Crippen molar-refractivity contribution in [2.45, 2.75) is 0 Å². The number of hydrogen-bond acceptors (Lipinski definition) is 2. The summed E-state index contributed by atoms with van der Waals surface area (Å²) in [6, 6.07) is 1.80. The van der Waals surface area contributed by atoms with Crippen LogP contribution in [0.4, 0.5) is 0 Å². The number of aromatic nitrogens is 1. The molecule has 1 aromatic rings. The number of nitrogens with zero attached hydrogens (tertiary/aromatic N) is 1. The maximum Gasteiger partial charge on any atom is 0.134 e. The topological polar surface area (TPSA) is 33.1 Å². The predicted octanol–water partition coefficient (Wildman–Crippen LogP) is 2.90. The molecule has 13 heavy (non-hydrogen) atoms. The van der Waals surface area contributed by atoms with E-state index >= 15 is 0 Å². The summed E-state index contributed by atoms with van der Waals surface area (Å²) in [6.45, 7) is 10.7. The highest BCUT2D eigenvalue weighted by Crippen LogP contribution is 2.19. The molecular formula is C11H11NO. The standard InChI is InChI=1S/C11H11NO/c1-4-9-6-7-12-11(8(3)13)10(9)5-2/h4-7,13H,1-3H2. The Morgan fingerprint density at radius 3 is 2.54 bits per heavy atom. The van der Waals surface area contributed by atoms with Gasteiger partial charge in [0, 0.05) is 11.8 Å². The lowest BCUT2D eigenvalue weighted by molar-refractivity contribution is 0.510. The summed E-state index contributed by atoms with van der Waals surface area (Å²) in [6.07, 6.45) is 4.91. The first-order valence-corrected chi connectivity index (χ1v) is 3.82. The van der Waals surface area contributed by atoms with Gasteiger partial charge >= 0.3 is 0 Å². The first-order valence-electron chi connectivity index (χ1n) is 3.82. The Bertz CT molecular complexity index is 366. The number of hydrogen-bond donors (Lipinski definition) is 1. The number of rotatable bonds is 3. The van der Waals surface area contributed by atoms with Gasteiger partial charge in [0.25, 0.3) is 0 Å². The average Bonchev–Trinajstić information content (AvgIpc) is 2.16. The van der Waals surface area contributed by atoms with Crippen molar-refractivity contribution in [1.82, 2.24) is 4.98 Å². The quantitative estimate of drug-likeness (QED) is 0.713. The first kappa shape index (κ1) is 9.26. The van der Waals surface area contributed by atoms with E-state index in [-0.39, 0.29) is 5.76 Å². The van der Waals surface area contributed by atoms with E-state index in [0.717, 1.165) is 11.1 Å². The third-order valence-electron chi connectivity index (χ3n) is 1.72. The van der Waals surface area contributed by atoms with Crippen molar-refractivity contribution in [1.29, 1.82) is 0 Å². The molecular weight excluding hydrogens is 162 g/mol. The molecule has 1 rings (SSSR count). The van der Waals surface area contributed by atoms with Crippen molar-refractivity contribution in [2.75, 3.05) is 0 Å². The van der Waals surface area contributed by atoms with Gasteiger partial charge in [-0.05, 0) is 11.6 Å². The van der Waals surface area contributed by atoms with Crippen LogP contribution in [-0.2, 0) is 0 Å². The first-order chi connectivity index (χ1) is 6.20. The van der Waals surface area contributed by atoms with E-state index in [1.54, 1.807) is 24.4 Å². The van der Waals surface area contributed by atoms with Crippen LogP contribution in [0.3, 0.4) is 0 Å². The summed E-state index contributed by atoms with van der Waals surface area (Å²) in [7, 11) is 0. The summed E-state index contributed by atoms with van der Waals surface area (Å²) < 4.78 is 0. The van der Waals surface area contributed by atoms with Crippen molar-refractivity contribution < 1.29 is 5.11 Å². The number of aliphatic hydroxyl groups excluding tert-OH is 1. The minimum Gasteiger partial charge on any atom is -0.506 e. The van der Waals surface area contributed by atoms with Crippen molar-refractivity contribution in [2.24, 2.45) is 0 Å². The lowest BCUT2D eigenvalue weighted by Crippen LogP contribution is -1.94. The van der Waals surface area contributed by atoms with Crippen LogP contribution in [-0.4, -0.2) is 10.1 Å². The maximum absolute atomic E-state index is 9.22. The van der Waals surface area contributed by atoms with E-state index in [1.165, 1.54) is 0 Å². The van der Waals surface area contributed by atoms with Gasteiger partial charge in [0.15, 0.2) is 0 Å². The van der Waals surface area contributed by atoms with Crippen molar-refractivity contribution >= 4 is 17.9 Å². The van der Waals surface area contributed by atoms with E-state index in [4.69, 9.17) is 0 Å². The van der Waals surface area contributed by atoms with Gasteiger partial charge in [0.1, 0.15) is 11.5 Å². The second kappa shape index (κ2) is 3.72. The fourth-order valence-electron chi connectivity index (χ4n) is 1.11. The molecule has 0 aliphatic heterocycles. The summed E-state index contributed by atoms with van der Waals surface area (Å²) in [4.78, 5) is 3.99. The van der Waals surface area contributed by atoms with E-state index in [9.17, 15) is 5.11 Å². The Kier molecular flexibility index (Phi) is 2.65. The molecule has 0 bridgehead atoms. The van der Waals surface area contributed by atoms with Crippen LogP contribution in [0.5, 0.6) is 0 Å². The fraction of sp³-hybridized carbons (Fsp3) is 0. The number of pyridine rings is 1. The van der Waals surface area contributed by atoms with Crippen LogP contribution in [0.2, 0.25) is 0 Å². The summed E-state index contributed by atoms with van der Waals surface area (Å²) in [5.41, 5.74) is 2.09. The van der Waals surface area contributed by atoms with Gasteiger partial charge in [-0.1, -0.05) is 31.9 Å². The molecule has 66 valence electrons. The second-order valence-corrected chi connectivity index (χ2v) is 2.52. The van der Waals surface area contributed by atoms with Crippen LogP contribution in [0.1, 0.15) is 16.8 Å². The Morgan fingerprint density at radius 1 is 1.38 bits per heavy atom. The summed E-state index contributed by atoms with van der Waals surface area (Å²) in [5, 5.41) is 9.22. The van der Waals surface area contributed by atoms with Gasteiger partial charge in [-0.25, -0.2) is 0 Å². The Morgan fingerprint density at radius 2 is 2.08 bits per heavy atom. The highest BCUT2D eigenvalue weighted by atomic mass is 16.3. The minimum absolute atomic E-state index is 0.0569. The molecule has 0 saturated carbocycles. The zero-order chi connectivity index (χ0) is 9.84. The molecule has 0 atom stereocenters. The molecule has 0 unspecified atom stereocenters. The van der Waals surface area contributed by atoms with E-state index in [2.05, 4.69) is 24.7 Å². The van der Waals surface area contributed by atoms with Gasteiger partial charge in [0.05, 0.1) is 0 Å². The molecule has 0 radical (unpaired) electrons. The monoisotopic (exact) mass is 173 g/mol. The minimum atomic E-state index is -0.0569. The lowest BCUT2D eigenvalue weighted by Gasteiger charge is -2.05. The fourth-order valence-corrected chi connectivity index (χ4v) is 1.11. The molecule has 0 aliphatic rings. The molecule has 1 heterocycles. The van der Waals surface area contributed by atoms with Crippen LogP contribution in [0, 0.1) is 0 Å². The van der Waals surface area contributed by atoms with Crippen molar-refractivity contribution in [3.63, 3.8) is 0 Å². The molecule has 2 nitrogen and oxygen atoms in total. The highest BCUT2D eigenvalue weighted by molar-refractivity contribution is 5.72.